The van der Waals surface area contributed by atoms with Crippen molar-refractivity contribution < 1.29 is 14.5 Å². The Labute approximate surface area is 176 Å². The van der Waals surface area contributed by atoms with Crippen molar-refractivity contribution in [1.29, 1.82) is 0 Å². The summed E-state index contributed by atoms with van der Waals surface area (Å²) in [5.41, 5.74) is 2.40. The Hall–Kier alpha value is -3.52. The van der Waals surface area contributed by atoms with Crippen molar-refractivity contribution in [2.45, 2.75) is 25.7 Å². The van der Waals surface area contributed by atoms with Crippen LogP contribution in [0.3, 0.4) is 0 Å². The number of fused-ring (bicyclic) bond motifs is 1. The number of hydrogen-bond donors (Lipinski definition) is 2. The molecule has 0 aliphatic heterocycles. The standard InChI is InChI=1S/C22H19N3O4S/c26-20(14-10-12-16(13-11-14)25(28)29)24-22-19(17-8-4-5-9-18(17)30-22)21(27)23-15-6-2-1-3-7-15/h1-3,6-7,10-13H,4-5,8-9H2,(H,23,27)(H,24,26). The van der Waals surface area contributed by atoms with Gasteiger partial charge in [-0.15, -0.1) is 11.3 Å². The minimum Gasteiger partial charge on any atom is -0.322 e. The first-order valence-electron chi connectivity index (χ1n) is 9.59. The molecular formula is C22H19N3O4S. The monoisotopic (exact) mass is 421 g/mol. The number of nitrogens with one attached hydrogen (secondary N) is 2. The number of hydrogen-bond acceptors (Lipinski definition) is 5. The molecule has 3 aromatic rings. The van der Waals surface area contributed by atoms with Crippen LogP contribution in [0.15, 0.2) is 54.6 Å². The molecule has 7 nitrogen and oxygen atoms in total. The molecule has 0 saturated carbocycles. The smallest absolute Gasteiger partial charge is 0.269 e. The highest BCUT2D eigenvalue weighted by molar-refractivity contribution is 7.17. The highest BCUT2D eigenvalue weighted by Crippen LogP contribution is 2.38. The predicted molar refractivity (Wildman–Crippen MR) is 116 cm³/mol. The van der Waals surface area contributed by atoms with Gasteiger partial charge in [-0.2, -0.15) is 0 Å². The minimum atomic E-state index is -0.513. The minimum absolute atomic E-state index is 0.0823. The van der Waals surface area contributed by atoms with E-state index in [0.717, 1.165) is 36.1 Å². The van der Waals surface area contributed by atoms with Gasteiger partial charge in [-0.1, -0.05) is 18.2 Å². The first kappa shape index (κ1) is 19.8. The van der Waals surface area contributed by atoms with E-state index in [1.165, 1.54) is 35.6 Å². The molecule has 0 radical (unpaired) electrons. The fraction of sp³-hybridized carbons (Fsp3) is 0.182. The van der Waals surface area contributed by atoms with Crippen LogP contribution in [0.25, 0.3) is 0 Å². The van der Waals surface area contributed by atoms with Crippen LogP contribution in [0, 0.1) is 10.1 Å². The number of para-hydroxylation sites is 1. The summed E-state index contributed by atoms with van der Waals surface area (Å²) >= 11 is 1.43. The Kier molecular flexibility index (Phi) is 5.58. The second kappa shape index (κ2) is 8.46. The normalized spacial score (nSPS) is 12.7. The van der Waals surface area contributed by atoms with Gasteiger partial charge in [-0.3, -0.25) is 19.7 Å². The Morgan fingerprint density at radius 2 is 1.60 bits per heavy atom. The van der Waals surface area contributed by atoms with E-state index in [1.807, 2.05) is 30.3 Å². The fourth-order valence-electron chi connectivity index (χ4n) is 3.52. The van der Waals surface area contributed by atoms with Gasteiger partial charge >= 0.3 is 0 Å². The fourth-order valence-corrected chi connectivity index (χ4v) is 4.80. The largest absolute Gasteiger partial charge is 0.322 e. The zero-order chi connectivity index (χ0) is 21.1. The van der Waals surface area contributed by atoms with E-state index in [4.69, 9.17) is 0 Å². The second-order valence-electron chi connectivity index (χ2n) is 6.99. The maximum absolute atomic E-state index is 13.1. The van der Waals surface area contributed by atoms with Gasteiger partial charge in [0.2, 0.25) is 0 Å². The molecule has 1 aromatic heterocycles. The molecule has 1 aliphatic rings. The topological polar surface area (TPSA) is 101 Å². The Morgan fingerprint density at radius 3 is 2.30 bits per heavy atom. The molecule has 0 unspecified atom stereocenters. The van der Waals surface area contributed by atoms with E-state index in [1.54, 1.807) is 0 Å². The van der Waals surface area contributed by atoms with Gasteiger partial charge in [-0.25, -0.2) is 0 Å². The molecular weight excluding hydrogens is 402 g/mol. The Balaban J connectivity index is 1.62. The van der Waals surface area contributed by atoms with E-state index in [0.29, 0.717) is 21.8 Å². The van der Waals surface area contributed by atoms with Gasteiger partial charge in [0.1, 0.15) is 5.00 Å². The summed E-state index contributed by atoms with van der Waals surface area (Å²) in [5.74, 6) is -0.656. The number of anilines is 2. The number of rotatable bonds is 5. The van der Waals surface area contributed by atoms with Crippen LogP contribution >= 0.6 is 11.3 Å². The molecule has 8 heteroatoms. The number of thiophene rings is 1. The van der Waals surface area contributed by atoms with Crippen molar-refractivity contribution in [2.24, 2.45) is 0 Å². The van der Waals surface area contributed by atoms with Crippen LogP contribution in [-0.4, -0.2) is 16.7 Å². The lowest BCUT2D eigenvalue weighted by Gasteiger charge is -2.13. The number of non-ortho nitro benzene ring substituents is 1. The molecule has 0 fully saturated rings. The molecule has 0 spiro atoms. The molecule has 1 aliphatic carbocycles. The second-order valence-corrected chi connectivity index (χ2v) is 8.10. The molecule has 152 valence electrons. The maximum atomic E-state index is 13.1. The van der Waals surface area contributed by atoms with Crippen molar-refractivity contribution >= 4 is 39.5 Å². The molecule has 2 N–H and O–H groups in total. The van der Waals surface area contributed by atoms with Gasteiger partial charge in [0.05, 0.1) is 10.5 Å². The van der Waals surface area contributed by atoms with Crippen molar-refractivity contribution in [3.63, 3.8) is 0 Å². The molecule has 0 bridgehead atoms. The average Bonchev–Trinajstić information content (AvgIpc) is 3.12. The summed E-state index contributed by atoms with van der Waals surface area (Å²) in [6.45, 7) is 0. The highest BCUT2D eigenvalue weighted by Gasteiger charge is 2.26. The predicted octanol–water partition coefficient (Wildman–Crippen LogP) is 5.04. The van der Waals surface area contributed by atoms with Gasteiger partial charge in [-0.05, 0) is 55.5 Å². The number of aryl methyl sites for hydroxylation is 1. The lowest BCUT2D eigenvalue weighted by atomic mass is 9.95. The molecule has 30 heavy (non-hydrogen) atoms. The summed E-state index contributed by atoms with van der Waals surface area (Å²) in [4.78, 5) is 37.2. The van der Waals surface area contributed by atoms with Gasteiger partial charge in [0.25, 0.3) is 17.5 Å². The quantitative estimate of drug-likeness (QED) is 0.445. The van der Waals surface area contributed by atoms with E-state index >= 15 is 0 Å². The van der Waals surface area contributed by atoms with Crippen molar-refractivity contribution in [3.05, 3.63) is 86.3 Å². The van der Waals surface area contributed by atoms with Gasteiger partial charge < -0.3 is 10.6 Å². The molecule has 2 amide bonds. The lowest BCUT2D eigenvalue weighted by molar-refractivity contribution is -0.384. The Morgan fingerprint density at radius 1 is 0.900 bits per heavy atom. The number of benzene rings is 2. The van der Waals surface area contributed by atoms with Gasteiger partial charge in [0.15, 0.2) is 0 Å². The van der Waals surface area contributed by atoms with Crippen molar-refractivity contribution in [2.75, 3.05) is 10.6 Å². The van der Waals surface area contributed by atoms with E-state index in [-0.39, 0.29) is 11.6 Å². The van der Waals surface area contributed by atoms with Crippen molar-refractivity contribution in [3.8, 4) is 0 Å². The van der Waals surface area contributed by atoms with Crippen LogP contribution in [0.2, 0.25) is 0 Å². The first-order chi connectivity index (χ1) is 14.5. The van der Waals surface area contributed by atoms with Crippen LogP contribution < -0.4 is 10.6 Å². The van der Waals surface area contributed by atoms with Crippen molar-refractivity contribution in [1.82, 2.24) is 0 Å². The molecule has 2 aromatic carbocycles. The first-order valence-corrected chi connectivity index (χ1v) is 10.4. The van der Waals surface area contributed by atoms with Gasteiger partial charge in [0, 0.05) is 28.3 Å². The third-order valence-electron chi connectivity index (χ3n) is 5.00. The number of nitrogens with zero attached hydrogens (tertiary/aromatic N) is 1. The van der Waals surface area contributed by atoms with E-state index < -0.39 is 10.8 Å². The van der Waals surface area contributed by atoms with Crippen LogP contribution in [0.5, 0.6) is 0 Å². The third-order valence-corrected chi connectivity index (χ3v) is 6.20. The zero-order valence-corrected chi connectivity index (χ0v) is 16.8. The molecule has 0 saturated heterocycles. The number of carbonyl (C=O) groups excluding carboxylic acids is 2. The zero-order valence-electron chi connectivity index (χ0n) is 16.0. The summed E-state index contributed by atoms with van der Waals surface area (Å²) in [5, 5.41) is 17.1. The van der Waals surface area contributed by atoms with E-state index in [9.17, 15) is 19.7 Å². The lowest BCUT2D eigenvalue weighted by Crippen LogP contribution is -2.18. The number of nitro benzene ring substituents is 1. The average molecular weight is 421 g/mol. The SMILES string of the molecule is O=C(Nc1sc2c(c1C(=O)Nc1ccccc1)CCCC2)c1ccc([N+](=O)[O-])cc1. The number of nitro groups is 1. The summed E-state index contributed by atoms with van der Waals surface area (Å²) in [7, 11) is 0. The summed E-state index contributed by atoms with van der Waals surface area (Å²) in [6.07, 6.45) is 3.75. The van der Waals surface area contributed by atoms with E-state index in [2.05, 4.69) is 10.6 Å². The number of amides is 2. The number of carbonyl (C=O) groups is 2. The maximum Gasteiger partial charge on any atom is 0.269 e. The van der Waals surface area contributed by atoms with Crippen LogP contribution in [0.1, 0.15) is 44.0 Å². The summed E-state index contributed by atoms with van der Waals surface area (Å²) < 4.78 is 0. The van der Waals surface area contributed by atoms with Crippen LogP contribution in [0.4, 0.5) is 16.4 Å². The van der Waals surface area contributed by atoms with Crippen LogP contribution in [-0.2, 0) is 12.8 Å². The Bertz CT molecular complexity index is 1110. The molecule has 0 atom stereocenters. The highest BCUT2D eigenvalue weighted by atomic mass is 32.1. The molecule has 4 rings (SSSR count). The summed E-state index contributed by atoms with van der Waals surface area (Å²) in [6, 6.07) is 14.6. The third kappa shape index (κ3) is 4.08. The molecule has 1 heterocycles.